The first-order chi connectivity index (χ1) is 8.24. The maximum atomic E-state index is 13.2. The van der Waals surface area contributed by atoms with E-state index in [1.165, 1.54) is 13.2 Å². The molecule has 0 saturated carbocycles. The van der Waals surface area contributed by atoms with Gasteiger partial charge in [-0.15, -0.1) is 0 Å². The lowest BCUT2D eigenvalue weighted by Crippen LogP contribution is -1.89. The van der Waals surface area contributed by atoms with Gasteiger partial charge in [0.15, 0.2) is 11.6 Å². The first-order valence-corrected chi connectivity index (χ1v) is 5.14. The second-order valence-corrected chi connectivity index (χ2v) is 3.59. The van der Waals surface area contributed by atoms with Crippen molar-refractivity contribution in [3.05, 3.63) is 53.8 Å². The van der Waals surface area contributed by atoms with Crippen LogP contribution in [0.3, 0.4) is 0 Å². The zero-order chi connectivity index (χ0) is 12.3. The number of halogens is 1. The van der Waals surface area contributed by atoms with Gasteiger partial charge < -0.3 is 4.74 Å². The Balaban J connectivity index is 2.41. The van der Waals surface area contributed by atoms with Crippen molar-refractivity contribution in [3.63, 3.8) is 0 Å². The number of rotatable bonds is 3. The van der Waals surface area contributed by atoms with Gasteiger partial charge in [-0.2, -0.15) is 0 Å². The Hall–Kier alpha value is -2.16. The number of carbonyl (C=O) groups excluding carboxylic acids is 1. The molecular formula is C14H11FO2. The van der Waals surface area contributed by atoms with Crippen molar-refractivity contribution in [2.24, 2.45) is 0 Å². The number of ether oxygens (including phenoxy) is 1. The molecule has 0 heterocycles. The van der Waals surface area contributed by atoms with Crippen LogP contribution in [0.25, 0.3) is 11.1 Å². The first-order valence-electron chi connectivity index (χ1n) is 5.14. The Bertz CT molecular complexity index is 532. The van der Waals surface area contributed by atoms with Crippen molar-refractivity contribution in [1.82, 2.24) is 0 Å². The molecular weight excluding hydrogens is 219 g/mol. The zero-order valence-electron chi connectivity index (χ0n) is 9.31. The molecule has 2 rings (SSSR count). The predicted octanol–water partition coefficient (Wildman–Crippen LogP) is 3.31. The third kappa shape index (κ3) is 2.33. The van der Waals surface area contributed by atoms with Crippen LogP contribution in [0.2, 0.25) is 0 Å². The molecule has 2 aromatic carbocycles. The molecule has 86 valence electrons. The molecule has 17 heavy (non-hydrogen) atoms. The van der Waals surface area contributed by atoms with Crippen LogP contribution in [0.4, 0.5) is 4.39 Å². The predicted molar refractivity (Wildman–Crippen MR) is 63.8 cm³/mol. The maximum Gasteiger partial charge on any atom is 0.165 e. The van der Waals surface area contributed by atoms with E-state index in [-0.39, 0.29) is 11.6 Å². The molecule has 0 aromatic heterocycles. The van der Waals surface area contributed by atoms with Crippen molar-refractivity contribution >= 4 is 6.29 Å². The number of carbonyl (C=O) groups is 1. The van der Waals surface area contributed by atoms with Gasteiger partial charge in [0.05, 0.1) is 7.11 Å². The smallest absolute Gasteiger partial charge is 0.165 e. The lowest BCUT2D eigenvalue weighted by molar-refractivity contribution is 0.112. The van der Waals surface area contributed by atoms with Gasteiger partial charge in [0.1, 0.15) is 6.29 Å². The third-order valence-corrected chi connectivity index (χ3v) is 2.53. The van der Waals surface area contributed by atoms with Gasteiger partial charge >= 0.3 is 0 Å². The fourth-order valence-electron chi connectivity index (χ4n) is 1.59. The summed E-state index contributed by atoms with van der Waals surface area (Å²) in [7, 11) is 1.43. The van der Waals surface area contributed by atoms with Gasteiger partial charge in [-0.3, -0.25) is 4.79 Å². The van der Waals surface area contributed by atoms with Crippen molar-refractivity contribution in [2.75, 3.05) is 7.11 Å². The minimum Gasteiger partial charge on any atom is -0.494 e. The van der Waals surface area contributed by atoms with E-state index in [0.29, 0.717) is 5.56 Å². The van der Waals surface area contributed by atoms with Crippen LogP contribution in [0.15, 0.2) is 42.5 Å². The van der Waals surface area contributed by atoms with E-state index in [4.69, 9.17) is 4.74 Å². The van der Waals surface area contributed by atoms with Crippen molar-refractivity contribution in [3.8, 4) is 16.9 Å². The summed E-state index contributed by atoms with van der Waals surface area (Å²) in [5, 5.41) is 0. The summed E-state index contributed by atoms with van der Waals surface area (Å²) in [4.78, 5) is 10.5. The summed E-state index contributed by atoms with van der Waals surface area (Å²) in [6, 6.07) is 11.7. The van der Waals surface area contributed by atoms with E-state index in [1.807, 2.05) is 12.1 Å². The van der Waals surface area contributed by atoms with Gasteiger partial charge in [0, 0.05) is 5.56 Å². The molecule has 0 aliphatic carbocycles. The quantitative estimate of drug-likeness (QED) is 0.756. The molecule has 0 aliphatic rings. The van der Waals surface area contributed by atoms with Gasteiger partial charge in [-0.25, -0.2) is 4.39 Å². The average Bonchev–Trinajstić information content (AvgIpc) is 2.39. The fraction of sp³-hybridized carbons (Fsp3) is 0.0714. The van der Waals surface area contributed by atoms with Gasteiger partial charge in [0.25, 0.3) is 0 Å². The summed E-state index contributed by atoms with van der Waals surface area (Å²) in [5.74, 6) is -0.178. The average molecular weight is 230 g/mol. The summed E-state index contributed by atoms with van der Waals surface area (Å²) in [6.07, 6.45) is 0.787. The summed E-state index contributed by atoms with van der Waals surface area (Å²) in [5.41, 5.74) is 2.37. The maximum absolute atomic E-state index is 13.2. The molecule has 0 atom stereocenters. The number of hydrogen-bond acceptors (Lipinski definition) is 2. The molecule has 0 saturated heterocycles. The van der Waals surface area contributed by atoms with E-state index in [0.717, 1.165) is 17.4 Å². The molecule has 0 spiro atoms. The highest BCUT2D eigenvalue weighted by Gasteiger charge is 2.05. The van der Waals surface area contributed by atoms with E-state index >= 15 is 0 Å². The molecule has 0 N–H and O–H groups in total. The van der Waals surface area contributed by atoms with Crippen LogP contribution in [0, 0.1) is 5.82 Å². The van der Waals surface area contributed by atoms with Crippen molar-refractivity contribution in [2.45, 2.75) is 0 Å². The molecule has 0 radical (unpaired) electrons. The Morgan fingerprint density at radius 3 is 2.29 bits per heavy atom. The highest BCUT2D eigenvalue weighted by Crippen LogP contribution is 2.26. The number of benzene rings is 2. The fourth-order valence-corrected chi connectivity index (χ4v) is 1.59. The third-order valence-electron chi connectivity index (χ3n) is 2.53. The van der Waals surface area contributed by atoms with Gasteiger partial charge in [0.2, 0.25) is 0 Å². The molecule has 3 heteroatoms. The van der Waals surface area contributed by atoms with Crippen LogP contribution in [-0.2, 0) is 0 Å². The minimum atomic E-state index is -0.388. The summed E-state index contributed by atoms with van der Waals surface area (Å²) < 4.78 is 18.2. The lowest BCUT2D eigenvalue weighted by atomic mass is 10.0. The van der Waals surface area contributed by atoms with Gasteiger partial charge in [-0.1, -0.05) is 30.3 Å². The Labute approximate surface area is 98.7 Å². The molecule has 0 bridgehead atoms. The summed E-state index contributed by atoms with van der Waals surface area (Å²) in [6.45, 7) is 0. The standard InChI is InChI=1S/C14H11FO2/c1-17-14-8-12(6-7-13(14)15)11-4-2-10(9-16)3-5-11/h2-9H,1H3. The SMILES string of the molecule is COc1cc(-c2ccc(C=O)cc2)ccc1F. The summed E-state index contributed by atoms with van der Waals surface area (Å²) >= 11 is 0. The number of aldehydes is 1. The van der Waals surface area contributed by atoms with Crippen LogP contribution in [0.5, 0.6) is 5.75 Å². The molecule has 0 amide bonds. The largest absolute Gasteiger partial charge is 0.494 e. The molecule has 0 fully saturated rings. The minimum absolute atomic E-state index is 0.210. The highest BCUT2D eigenvalue weighted by atomic mass is 19.1. The molecule has 2 nitrogen and oxygen atoms in total. The number of hydrogen-bond donors (Lipinski definition) is 0. The second kappa shape index (κ2) is 4.78. The van der Waals surface area contributed by atoms with Crippen molar-refractivity contribution < 1.29 is 13.9 Å². The molecule has 0 aliphatic heterocycles. The van der Waals surface area contributed by atoms with E-state index in [9.17, 15) is 9.18 Å². The van der Waals surface area contributed by atoms with Crippen LogP contribution < -0.4 is 4.74 Å². The normalized spacial score (nSPS) is 10.0. The first kappa shape index (κ1) is 11.3. The Morgan fingerprint density at radius 2 is 1.71 bits per heavy atom. The molecule has 0 unspecified atom stereocenters. The Morgan fingerprint density at radius 1 is 1.06 bits per heavy atom. The van der Waals surface area contributed by atoms with Crippen LogP contribution in [0.1, 0.15) is 10.4 Å². The highest BCUT2D eigenvalue weighted by molar-refractivity contribution is 5.77. The topological polar surface area (TPSA) is 26.3 Å². The van der Waals surface area contributed by atoms with E-state index < -0.39 is 0 Å². The van der Waals surface area contributed by atoms with Crippen LogP contribution in [-0.4, -0.2) is 13.4 Å². The van der Waals surface area contributed by atoms with E-state index in [1.54, 1.807) is 24.3 Å². The van der Waals surface area contributed by atoms with E-state index in [2.05, 4.69) is 0 Å². The second-order valence-electron chi connectivity index (χ2n) is 3.59. The Kier molecular flexibility index (Phi) is 3.19. The monoisotopic (exact) mass is 230 g/mol. The van der Waals surface area contributed by atoms with Gasteiger partial charge in [-0.05, 0) is 23.3 Å². The van der Waals surface area contributed by atoms with Crippen LogP contribution >= 0.6 is 0 Å². The van der Waals surface area contributed by atoms with Crippen molar-refractivity contribution in [1.29, 1.82) is 0 Å². The zero-order valence-corrected chi connectivity index (χ0v) is 9.31. The number of methoxy groups -OCH3 is 1. The lowest BCUT2D eigenvalue weighted by Gasteiger charge is -2.06. The molecule has 2 aromatic rings.